The molecule has 4 rings (SSSR count). The molecule has 2 aliphatic heterocycles. The van der Waals surface area contributed by atoms with Gasteiger partial charge in [0.15, 0.2) is 0 Å². The topological polar surface area (TPSA) is 84.3 Å². The van der Waals surface area contributed by atoms with Gasteiger partial charge in [-0.25, -0.2) is 0 Å². The molecule has 2 amide bonds. The van der Waals surface area contributed by atoms with Gasteiger partial charge in [-0.1, -0.05) is 36.4 Å². The summed E-state index contributed by atoms with van der Waals surface area (Å²) >= 11 is 0. The Hall–Kier alpha value is -2.90. The molecule has 2 fully saturated rings. The van der Waals surface area contributed by atoms with Gasteiger partial charge in [0.05, 0.1) is 6.10 Å². The van der Waals surface area contributed by atoms with E-state index in [1.165, 1.54) is 12.1 Å². The first kappa shape index (κ1) is 21.3. The lowest BCUT2D eigenvalue weighted by Crippen LogP contribution is -2.54. The quantitative estimate of drug-likeness (QED) is 0.785. The van der Waals surface area contributed by atoms with Crippen molar-refractivity contribution in [1.29, 1.82) is 0 Å². The Morgan fingerprint density at radius 1 is 0.839 bits per heavy atom. The van der Waals surface area contributed by atoms with E-state index in [2.05, 4.69) is 4.90 Å². The van der Waals surface area contributed by atoms with Gasteiger partial charge < -0.3 is 20.0 Å². The van der Waals surface area contributed by atoms with Crippen molar-refractivity contribution in [2.24, 2.45) is 0 Å². The third kappa shape index (κ3) is 4.89. The zero-order chi connectivity index (χ0) is 21.8. The molecule has 7 heteroatoms. The van der Waals surface area contributed by atoms with Crippen LogP contribution >= 0.6 is 0 Å². The number of rotatable bonds is 4. The van der Waals surface area contributed by atoms with Crippen LogP contribution in [0, 0.1) is 0 Å². The van der Waals surface area contributed by atoms with Crippen LogP contribution in [0.25, 0.3) is 0 Å². The number of hydrogen-bond acceptors (Lipinski definition) is 5. The van der Waals surface area contributed by atoms with Crippen molar-refractivity contribution in [3.05, 3.63) is 65.7 Å². The highest BCUT2D eigenvalue weighted by Crippen LogP contribution is 2.27. The van der Waals surface area contributed by atoms with E-state index in [0.29, 0.717) is 57.7 Å². The minimum absolute atomic E-state index is 0.0482. The second-order valence-electron chi connectivity index (χ2n) is 8.25. The molecule has 2 saturated heterocycles. The number of amides is 2. The van der Waals surface area contributed by atoms with Crippen molar-refractivity contribution in [2.75, 3.05) is 39.3 Å². The molecule has 2 heterocycles. The molecule has 2 aromatic rings. The molecule has 0 aromatic heterocycles. The minimum atomic E-state index is -0.373. The standard InChI is InChI=1S/C24H29N3O4/c28-20-9-11-25(12-10-20)22(18-5-2-1-3-6-18)24(31)27-15-13-26(14-16-27)23(30)19-7-4-8-21(29)17-19/h1-8,17,20,22,28-29H,9-16H2/t22-/m0/s1. The fourth-order valence-electron chi connectivity index (χ4n) is 4.41. The maximum Gasteiger partial charge on any atom is 0.254 e. The number of piperazine rings is 1. The van der Waals surface area contributed by atoms with Crippen LogP contribution < -0.4 is 0 Å². The first-order valence-electron chi connectivity index (χ1n) is 10.9. The van der Waals surface area contributed by atoms with Crippen molar-refractivity contribution in [2.45, 2.75) is 25.0 Å². The van der Waals surface area contributed by atoms with Crippen LogP contribution in [0.4, 0.5) is 0 Å². The van der Waals surface area contributed by atoms with Gasteiger partial charge in [0.1, 0.15) is 11.8 Å². The average molecular weight is 424 g/mol. The fraction of sp³-hybridized carbons (Fsp3) is 0.417. The highest BCUT2D eigenvalue weighted by molar-refractivity contribution is 5.94. The number of nitrogens with zero attached hydrogens (tertiary/aromatic N) is 3. The van der Waals surface area contributed by atoms with Gasteiger partial charge in [0.2, 0.25) is 5.91 Å². The van der Waals surface area contributed by atoms with Crippen molar-refractivity contribution in [3.63, 3.8) is 0 Å². The van der Waals surface area contributed by atoms with Crippen molar-refractivity contribution in [1.82, 2.24) is 14.7 Å². The molecular formula is C24H29N3O4. The summed E-state index contributed by atoms with van der Waals surface area (Å²) in [4.78, 5) is 32.0. The summed E-state index contributed by atoms with van der Waals surface area (Å²) in [5, 5.41) is 19.5. The summed E-state index contributed by atoms with van der Waals surface area (Å²) in [6.45, 7) is 3.23. The molecule has 164 valence electrons. The summed E-state index contributed by atoms with van der Waals surface area (Å²) in [5.74, 6) is -0.0170. The maximum atomic E-state index is 13.6. The smallest absolute Gasteiger partial charge is 0.254 e. The lowest BCUT2D eigenvalue weighted by atomic mass is 9.99. The number of aromatic hydroxyl groups is 1. The second kappa shape index (κ2) is 9.49. The van der Waals surface area contributed by atoms with E-state index < -0.39 is 0 Å². The molecule has 2 N–H and O–H groups in total. The monoisotopic (exact) mass is 423 g/mol. The number of aliphatic hydroxyl groups excluding tert-OH is 1. The first-order valence-corrected chi connectivity index (χ1v) is 10.9. The predicted molar refractivity (Wildman–Crippen MR) is 117 cm³/mol. The molecule has 31 heavy (non-hydrogen) atoms. The Morgan fingerprint density at radius 2 is 1.48 bits per heavy atom. The summed E-state index contributed by atoms with van der Waals surface area (Å²) < 4.78 is 0. The van der Waals surface area contributed by atoms with Gasteiger partial charge in [0, 0.05) is 44.8 Å². The number of benzene rings is 2. The van der Waals surface area contributed by atoms with Crippen LogP contribution in [0.1, 0.15) is 34.8 Å². The van der Waals surface area contributed by atoms with Crippen molar-refractivity contribution in [3.8, 4) is 5.75 Å². The van der Waals surface area contributed by atoms with Crippen LogP contribution in [0.2, 0.25) is 0 Å². The largest absolute Gasteiger partial charge is 0.508 e. The highest BCUT2D eigenvalue weighted by Gasteiger charge is 2.35. The third-order valence-electron chi connectivity index (χ3n) is 6.19. The van der Waals surface area contributed by atoms with Gasteiger partial charge in [0.25, 0.3) is 5.91 Å². The van der Waals surface area contributed by atoms with Crippen LogP contribution in [0.3, 0.4) is 0 Å². The van der Waals surface area contributed by atoms with Gasteiger partial charge in [-0.2, -0.15) is 0 Å². The number of phenols is 1. The zero-order valence-electron chi connectivity index (χ0n) is 17.6. The first-order chi connectivity index (χ1) is 15.0. The zero-order valence-corrected chi connectivity index (χ0v) is 17.6. The molecular weight excluding hydrogens is 394 g/mol. The third-order valence-corrected chi connectivity index (χ3v) is 6.19. The lowest BCUT2D eigenvalue weighted by molar-refractivity contribution is -0.139. The number of piperidine rings is 1. The highest BCUT2D eigenvalue weighted by atomic mass is 16.3. The lowest BCUT2D eigenvalue weighted by Gasteiger charge is -2.41. The van der Waals surface area contributed by atoms with Gasteiger partial charge in [-0.05, 0) is 36.6 Å². The molecule has 0 spiro atoms. The summed E-state index contributed by atoms with van der Waals surface area (Å²) in [7, 11) is 0. The number of aliphatic hydroxyl groups is 1. The number of phenolic OH excluding ortho intramolecular Hbond substituents is 1. The van der Waals surface area contributed by atoms with Crippen LogP contribution in [0.15, 0.2) is 54.6 Å². The normalized spacial score (nSPS) is 19.3. The second-order valence-corrected chi connectivity index (χ2v) is 8.25. The molecule has 7 nitrogen and oxygen atoms in total. The van der Waals surface area contributed by atoms with Crippen LogP contribution in [-0.2, 0) is 4.79 Å². The maximum absolute atomic E-state index is 13.6. The van der Waals surface area contributed by atoms with Gasteiger partial charge >= 0.3 is 0 Å². The molecule has 0 radical (unpaired) electrons. The van der Waals surface area contributed by atoms with Crippen molar-refractivity contribution < 1.29 is 19.8 Å². The summed E-state index contributed by atoms with van der Waals surface area (Å²) in [5.41, 5.74) is 1.41. The van der Waals surface area contributed by atoms with E-state index in [4.69, 9.17) is 0 Å². The Bertz CT molecular complexity index is 904. The molecule has 2 aromatic carbocycles. The number of hydrogen-bond donors (Lipinski definition) is 2. The van der Waals surface area contributed by atoms with Gasteiger partial charge in [-0.15, -0.1) is 0 Å². The molecule has 2 aliphatic rings. The summed E-state index contributed by atoms with van der Waals surface area (Å²) in [6, 6.07) is 15.8. The van der Waals surface area contributed by atoms with E-state index >= 15 is 0 Å². The van der Waals surface area contributed by atoms with E-state index in [9.17, 15) is 19.8 Å². The number of carbonyl (C=O) groups is 2. The summed E-state index contributed by atoms with van der Waals surface area (Å²) in [6.07, 6.45) is 1.04. The Labute approximate surface area is 182 Å². The SMILES string of the molecule is O=C(c1cccc(O)c1)N1CCN(C(=O)[C@H](c2ccccc2)N2CCC(O)CC2)CC1. The van der Waals surface area contributed by atoms with E-state index in [0.717, 1.165) is 5.56 Å². The molecule has 0 bridgehead atoms. The molecule has 0 unspecified atom stereocenters. The van der Waals surface area contributed by atoms with Gasteiger partial charge in [-0.3, -0.25) is 14.5 Å². The minimum Gasteiger partial charge on any atom is -0.508 e. The van der Waals surface area contributed by atoms with Crippen LogP contribution in [0.5, 0.6) is 5.75 Å². The van der Waals surface area contributed by atoms with E-state index in [1.54, 1.807) is 17.0 Å². The predicted octanol–water partition coefficient (Wildman–Crippen LogP) is 1.87. The Kier molecular flexibility index (Phi) is 6.53. The van der Waals surface area contributed by atoms with E-state index in [-0.39, 0.29) is 29.7 Å². The Balaban J connectivity index is 1.44. The molecule has 1 atom stereocenters. The number of carbonyl (C=O) groups excluding carboxylic acids is 2. The molecule has 0 saturated carbocycles. The Morgan fingerprint density at radius 3 is 2.13 bits per heavy atom. The fourth-order valence-corrected chi connectivity index (χ4v) is 4.41. The molecule has 0 aliphatic carbocycles. The average Bonchev–Trinajstić information content (AvgIpc) is 2.81. The number of likely N-dealkylation sites (tertiary alicyclic amines) is 1. The van der Waals surface area contributed by atoms with Crippen LogP contribution in [-0.4, -0.2) is 82.1 Å². The van der Waals surface area contributed by atoms with E-state index in [1.807, 2.05) is 35.2 Å². The van der Waals surface area contributed by atoms with Crippen molar-refractivity contribution >= 4 is 11.8 Å².